The molecule has 0 spiro atoms. The summed E-state index contributed by atoms with van der Waals surface area (Å²) in [7, 11) is 1.56. The lowest BCUT2D eigenvalue weighted by molar-refractivity contribution is 0.0341. The number of methoxy groups -OCH3 is 1. The molecule has 5 rings (SSSR count). The van der Waals surface area contributed by atoms with Crippen molar-refractivity contribution in [1.29, 1.82) is 0 Å². The third kappa shape index (κ3) is 6.64. The molecule has 1 saturated heterocycles. The van der Waals surface area contributed by atoms with Crippen LogP contribution in [0.5, 0.6) is 11.5 Å². The molecule has 1 aromatic heterocycles. The maximum Gasteiger partial charge on any atom is 0.252 e. The first-order valence-corrected chi connectivity index (χ1v) is 14.0. The third-order valence-corrected chi connectivity index (χ3v) is 7.45. The van der Waals surface area contributed by atoms with Gasteiger partial charge in [-0.25, -0.2) is 0 Å². The second-order valence-corrected chi connectivity index (χ2v) is 10.4. The SMILES string of the molecule is CCc1c(CN2CCOCC2)cccc1Nc1c(C(N)=O)cnc2cc(OC)c(OC[C@@H](O)CNC3CC3)cc12. The maximum atomic E-state index is 12.5. The van der Waals surface area contributed by atoms with Crippen LogP contribution in [0.1, 0.15) is 41.3 Å². The summed E-state index contributed by atoms with van der Waals surface area (Å²) in [5.41, 5.74) is 10.6. The molecule has 2 heterocycles. The number of nitrogens with zero attached hydrogens (tertiary/aromatic N) is 2. The Kier molecular flexibility index (Phi) is 9.01. The number of aliphatic hydroxyl groups is 1. The Morgan fingerprint density at radius 3 is 2.75 bits per heavy atom. The number of ether oxygens (including phenoxy) is 3. The summed E-state index contributed by atoms with van der Waals surface area (Å²) in [6, 6.07) is 10.3. The number of nitrogens with one attached hydrogen (secondary N) is 2. The average molecular weight is 550 g/mol. The Bertz CT molecular complexity index is 1340. The molecule has 1 saturated carbocycles. The van der Waals surface area contributed by atoms with Crippen molar-refractivity contribution in [1.82, 2.24) is 15.2 Å². The number of carbonyl (C=O) groups is 1. The second-order valence-electron chi connectivity index (χ2n) is 10.4. The molecule has 10 heteroatoms. The number of aromatic nitrogens is 1. The van der Waals surface area contributed by atoms with E-state index in [0.29, 0.717) is 40.7 Å². The van der Waals surface area contributed by atoms with Crippen molar-refractivity contribution in [3.8, 4) is 11.5 Å². The van der Waals surface area contributed by atoms with E-state index >= 15 is 0 Å². The van der Waals surface area contributed by atoms with E-state index in [9.17, 15) is 9.90 Å². The standard InChI is InChI=1S/C30H39N5O5/c1-3-22-19(17-35-9-11-39-12-10-35)5-4-6-25(22)34-29-23-13-28(40-18-21(36)15-32-20-7-8-20)27(38-2)14-26(23)33-16-24(29)30(31)37/h4-6,13-14,16,20-21,32,36H,3,7-12,15,17-18H2,1-2H3,(H2,31,37)(H,33,34)/t21-/m0/s1. The number of aliphatic hydroxyl groups excluding tert-OH is 1. The molecule has 2 aromatic carbocycles. The largest absolute Gasteiger partial charge is 0.493 e. The molecule has 1 atom stereocenters. The first-order chi connectivity index (χ1) is 19.5. The number of hydrogen-bond acceptors (Lipinski definition) is 9. The van der Waals surface area contributed by atoms with Gasteiger partial charge in [0.2, 0.25) is 0 Å². The summed E-state index contributed by atoms with van der Waals surface area (Å²) in [5.74, 6) is 0.352. The van der Waals surface area contributed by atoms with Crippen LogP contribution in [-0.4, -0.2) is 79.6 Å². The summed E-state index contributed by atoms with van der Waals surface area (Å²) in [5, 5.41) is 17.9. The Morgan fingerprint density at radius 1 is 1.25 bits per heavy atom. The Balaban J connectivity index is 1.47. The summed E-state index contributed by atoms with van der Waals surface area (Å²) >= 11 is 0. The van der Waals surface area contributed by atoms with Crippen LogP contribution in [0.25, 0.3) is 10.9 Å². The van der Waals surface area contributed by atoms with Gasteiger partial charge in [-0.1, -0.05) is 19.1 Å². The molecular weight excluding hydrogens is 510 g/mol. The second kappa shape index (κ2) is 12.8. The molecule has 0 radical (unpaired) electrons. The van der Waals surface area contributed by atoms with Gasteiger partial charge in [0.25, 0.3) is 5.91 Å². The molecule has 0 unspecified atom stereocenters. The third-order valence-electron chi connectivity index (χ3n) is 7.45. The van der Waals surface area contributed by atoms with Crippen molar-refractivity contribution < 1.29 is 24.1 Å². The molecule has 40 heavy (non-hydrogen) atoms. The van der Waals surface area contributed by atoms with Gasteiger partial charge in [0.15, 0.2) is 11.5 Å². The van der Waals surface area contributed by atoms with E-state index in [1.165, 1.54) is 17.3 Å². The smallest absolute Gasteiger partial charge is 0.252 e. The highest BCUT2D eigenvalue weighted by molar-refractivity contribution is 6.08. The van der Waals surface area contributed by atoms with Crippen LogP contribution in [0.15, 0.2) is 36.5 Å². The molecule has 2 aliphatic rings. The number of morpholine rings is 1. The molecule has 0 bridgehead atoms. The van der Waals surface area contributed by atoms with Crippen LogP contribution in [-0.2, 0) is 17.7 Å². The van der Waals surface area contributed by atoms with E-state index in [1.54, 1.807) is 19.2 Å². The average Bonchev–Trinajstić information content (AvgIpc) is 3.80. The van der Waals surface area contributed by atoms with Gasteiger partial charge in [-0.05, 0) is 42.5 Å². The number of amides is 1. The minimum absolute atomic E-state index is 0.0941. The molecule has 3 aromatic rings. The number of nitrogens with two attached hydrogens (primary N) is 1. The summed E-state index contributed by atoms with van der Waals surface area (Å²) in [4.78, 5) is 19.4. The van der Waals surface area contributed by atoms with Crippen molar-refractivity contribution in [3.05, 3.63) is 53.2 Å². The van der Waals surface area contributed by atoms with Crippen molar-refractivity contribution in [2.24, 2.45) is 5.73 Å². The maximum absolute atomic E-state index is 12.5. The van der Waals surface area contributed by atoms with Crippen LogP contribution in [0.4, 0.5) is 11.4 Å². The Labute approximate surface area is 234 Å². The minimum atomic E-state index is -0.671. The van der Waals surface area contributed by atoms with Gasteiger partial charge < -0.3 is 35.7 Å². The zero-order chi connectivity index (χ0) is 28.1. The van der Waals surface area contributed by atoms with Gasteiger partial charge in [0.05, 0.1) is 37.1 Å². The number of carbonyl (C=O) groups excluding carboxylic acids is 1. The fourth-order valence-corrected chi connectivity index (χ4v) is 5.08. The van der Waals surface area contributed by atoms with Gasteiger partial charge in [0.1, 0.15) is 12.7 Å². The number of hydrogen-bond donors (Lipinski definition) is 4. The first kappa shape index (κ1) is 28.1. The molecule has 5 N–H and O–H groups in total. The highest BCUT2D eigenvalue weighted by atomic mass is 16.5. The molecule has 10 nitrogen and oxygen atoms in total. The predicted octanol–water partition coefficient (Wildman–Crippen LogP) is 2.97. The quantitative estimate of drug-likeness (QED) is 0.254. The van der Waals surface area contributed by atoms with Crippen LogP contribution >= 0.6 is 0 Å². The van der Waals surface area contributed by atoms with Gasteiger partial charge in [-0.15, -0.1) is 0 Å². The fourth-order valence-electron chi connectivity index (χ4n) is 5.08. The van der Waals surface area contributed by atoms with Gasteiger partial charge in [-0.3, -0.25) is 14.7 Å². The lowest BCUT2D eigenvalue weighted by atomic mass is 10.0. The van der Waals surface area contributed by atoms with Crippen molar-refractivity contribution in [3.63, 3.8) is 0 Å². The van der Waals surface area contributed by atoms with Crippen molar-refractivity contribution >= 4 is 28.2 Å². The zero-order valence-corrected chi connectivity index (χ0v) is 23.2. The van der Waals surface area contributed by atoms with Crippen LogP contribution in [0.2, 0.25) is 0 Å². The highest BCUT2D eigenvalue weighted by Crippen LogP contribution is 2.38. The van der Waals surface area contributed by atoms with Gasteiger partial charge in [-0.2, -0.15) is 0 Å². The number of pyridine rings is 1. The molecule has 1 aliphatic carbocycles. The summed E-state index contributed by atoms with van der Waals surface area (Å²) in [6.45, 7) is 6.80. The number of rotatable bonds is 13. The number of fused-ring (bicyclic) bond motifs is 1. The van der Waals surface area contributed by atoms with Crippen molar-refractivity contribution in [2.45, 2.75) is 44.9 Å². The highest BCUT2D eigenvalue weighted by Gasteiger charge is 2.22. The van der Waals surface area contributed by atoms with E-state index in [0.717, 1.165) is 57.8 Å². The van der Waals surface area contributed by atoms with Crippen LogP contribution in [0, 0.1) is 0 Å². The molecule has 2 fully saturated rings. The van der Waals surface area contributed by atoms with E-state index in [-0.39, 0.29) is 12.2 Å². The first-order valence-electron chi connectivity index (χ1n) is 14.0. The topological polar surface area (TPSA) is 131 Å². The Morgan fingerprint density at radius 2 is 2.05 bits per heavy atom. The molecule has 214 valence electrons. The number of benzene rings is 2. The van der Waals surface area contributed by atoms with E-state index in [2.05, 4.69) is 33.5 Å². The van der Waals surface area contributed by atoms with Crippen LogP contribution in [0.3, 0.4) is 0 Å². The molecule has 1 amide bonds. The van der Waals surface area contributed by atoms with E-state index in [4.69, 9.17) is 19.9 Å². The summed E-state index contributed by atoms with van der Waals surface area (Å²) in [6.07, 6.45) is 3.92. The van der Waals surface area contributed by atoms with Gasteiger partial charge >= 0.3 is 0 Å². The lowest BCUT2D eigenvalue weighted by Crippen LogP contribution is -2.35. The fraction of sp³-hybridized carbons (Fsp3) is 0.467. The van der Waals surface area contributed by atoms with E-state index in [1.807, 2.05) is 12.1 Å². The zero-order valence-electron chi connectivity index (χ0n) is 23.2. The van der Waals surface area contributed by atoms with E-state index < -0.39 is 12.0 Å². The minimum Gasteiger partial charge on any atom is -0.493 e. The Hall–Kier alpha value is -3.44. The van der Waals surface area contributed by atoms with Crippen LogP contribution < -0.4 is 25.8 Å². The lowest BCUT2D eigenvalue weighted by Gasteiger charge is -2.28. The molecular formula is C30H39N5O5. The molecule has 1 aliphatic heterocycles. The van der Waals surface area contributed by atoms with Crippen molar-refractivity contribution in [2.75, 3.05) is 51.9 Å². The monoisotopic (exact) mass is 549 g/mol. The number of primary amides is 1. The summed E-state index contributed by atoms with van der Waals surface area (Å²) < 4.78 is 17.1. The number of anilines is 2. The normalized spacial score (nSPS) is 16.6. The van der Waals surface area contributed by atoms with Gasteiger partial charge in [0, 0.05) is 55.6 Å². The predicted molar refractivity (Wildman–Crippen MR) is 155 cm³/mol.